The Labute approximate surface area is 137 Å². The summed E-state index contributed by atoms with van der Waals surface area (Å²) in [5.74, 6) is 1.25. The molecule has 0 bridgehead atoms. The van der Waals surface area contributed by atoms with Crippen molar-refractivity contribution in [1.82, 2.24) is 14.8 Å². The number of carbonyl (C=O) groups is 1. The molecule has 1 saturated heterocycles. The summed E-state index contributed by atoms with van der Waals surface area (Å²) in [6, 6.07) is 5.57. The van der Waals surface area contributed by atoms with Crippen LogP contribution in [0.15, 0.2) is 18.2 Å². The minimum Gasteiger partial charge on any atom is -0.374 e. The molecule has 23 heavy (non-hydrogen) atoms. The van der Waals surface area contributed by atoms with Gasteiger partial charge in [0.15, 0.2) is 0 Å². The monoisotopic (exact) mass is 318 g/mol. The molecule has 0 radical (unpaired) electrons. The predicted octanol–water partition coefficient (Wildman–Crippen LogP) is 1.96. The SMILES string of the molecule is Cc1cccc(NC(=O)N(CC2CC2)C[C@@H]2CN(C)CCO2)n1. The number of rotatable bonds is 5. The second-order valence-electron chi connectivity index (χ2n) is 6.70. The lowest BCUT2D eigenvalue weighted by Crippen LogP contribution is -2.49. The van der Waals surface area contributed by atoms with E-state index in [0.717, 1.165) is 31.9 Å². The standard InChI is InChI=1S/C17H26N4O2/c1-13-4-3-5-16(18-13)19-17(22)21(10-14-6-7-14)12-15-11-20(2)8-9-23-15/h3-5,14-15H,6-12H2,1-2H3,(H,18,19,22)/t15-/m0/s1. The maximum atomic E-state index is 12.6. The summed E-state index contributed by atoms with van der Waals surface area (Å²) >= 11 is 0. The van der Waals surface area contributed by atoms with Crippen LogP contribution in [-0.2, 0) is 4.74 Å². The number of hydrogen-bond acceptors (Lipinski definition) is 4. The Kier molecular flexibility index (Phi) is 5.13. The van der Waals surface area contributed by atoms with E-state index in [1.807, 2.05) is 30.0 Å². The number of anilines is 1. The van der Waals surface area contributed by atoms with E-state index in [4.69, 9.17) is 4.74 Å². The van der Waals surface area contributed by atoms with Gasteiger partial charge in [0.05, 0.1) is 12.7 Å². The molecule has 1 saturated carbocycles. The van der Waals surface area contributed by atoms with Gasteiger partial charge >= 0.3 is 6.03 Å². The predicted molar refractivity (Wildman–Crippen MR) is 89.5 cm³/mol. The van der Waals surface area contributed by atoms with Crippen LogP contribution in [0.5, 0.6) is 0 Å². The van der Waals surface area contributed by atoms with Crippen LogP contribution in [-0.4, -0.2) is 66.8 Å². The topological polar surface area (TPSA) is 57.7 Å². The highest BCUT2D eigenvalue weighted by Gasteiger charge is 2.30. The quantitative estimate of drug-likeness (QED) is 0.902. The van der Waals surface area contributed by atoms with Gasteiger partial charge in [0, 0.05) is 31.9 Å². The van der Waals surface area contributed by atoms with Gasteiger partial charge < -0.3 is 14.5 Å². The Balaban J connectivity index is 1.61. The van der Waals surface area contributed by atoms with Crippen molar-refractivity contribution in [2.24, 2.45) is 5.92 Å². The van der Waals surface area contributed by atoms with E-state index in [0.29, 0.717) is 18.3 Å². The van der Waals surface area contributed by atoms with Gasteiger partial charge in [-0.05, 0) is 44.9 Å². The van der Waals surface area contributed by atoms with Crippen LogP contribution in [0.3, 0.4) is 0 Å². The van der Waals surface area contributed by atoms with Gasteiger partial charge in [-0.1, -0.05) is 6.07 Å². The van der Waals surface area contributed by atoms with E-state index >= 15 is 0 Å². The fraction of sp³-hybridized carbons (Fsp3) is 0.647. The Hall–Kier alpha value is -1.66. The summed E-state index contributed by atoms with van der Waals surface area (Å²) in [4.78, 5) is 21.1. The fourth-order valence-electron chi connectivity index (χ4n) is 2.88. The number of urea groups is 1. The average molecular weight is 318 g/mol. The summed E-state index contributed by atoms with van der Waals surface area (Å²) < 4.78 is 5.82. The van der Waals surface area contributed by atoms with Gasteiger partial charge in [-0.3, -0.25) is 5.32 Å². The number of nitrogens with zero attached hydrogens (tertiary/aromatic N) is 3. The second-order valence-corrected chi connectivity index (χ2v) is 6.70. The zero-order valence-corrected chi connectivity index (χ0v) is 14.0. The number of aromatic nitrogens is 1. The Morgan fingerprint density at radius 3 is 2.96 bits per heavy atom. The number of ether oxygens (including phenoxy) is 1. The maximum Gasteiger partial charge on any atom is 0.323 e. The fourth-order valence-corrected chi connectivity index (χ4v) is 2.88. The van der Waals surface area contributed by atoms with E-state index in [1.54, 1.807) is 0 Å². The molecule has 3 rings (SSSR count). The number of likely N-dealkylation sites (N-methyl/N-ethyl adjacent to an activating group) is 1. The van der Waals surface area contributed by atoms with Gasteiger partial charge in [-0.25, -0.2) is 9.78 Å². The van der Waals surface area contributed by atoms with Crippen molar-refractivity contribution in [3.63, 3.8) is 0 Å². The normalized spacial score (nSPS) is 21.9. The van der Waals surface area contributed by atoms with Gasteiger partial charge in [-0.2, -0.15) is 0 Å². The molecule has 6 nitrogen and oxygen atoms in total. The number of pyridine rings is 1. The van der Waals surface area contributed by atoms with E-state index < -0.39 is 0 Å². The minimum absolute atomic E-state index is 0.0770. The first-order valence-electron chi connectivity index (χ1n) is 8.40. The van der Waals surface area contributed by atoms with Gasteiger partial charge in [0.2, 0.25) is 0 Å². The van der Waals surface area contributed by atoms with Crippen LogP contribution < -0.4 is 5.32 Å². The number of hydrogen-bond donors (Lipinski definition) is 1. The van der Waals surface area contributed by atoms with Crippen LogP contribution >= 0.6 is 0 Å². The molecule has 2 amide bonds. The van der Waals surface area contributed by atoms with Crippen LogP contribution in [0.2, 0.25) is 0 Å². The van der Waals surface area contributed by atoms with Gasteiger partial charge in [0.1, 0.15) is 5.82 Å². The third-order valence-corrected chi connectivity index (χ3v) is 4.35. The van der Waals surface area contributed by atoms with E-state index in [1.165, 1.54) is 12.8 Å². The van der Waals surface area contributed by atoms with Crippen molar-refractivity contribution in [2.75, 3.05) is 45.2 Å². The van der Waals surface area contributed by atoms with E-state index in [-0.39, 0.29) is 12.1 Å². The average Bonchev–Trinajstić information content (AvgIpc) is 3.31. The molecule has 0 aromatic carbocycles. The van der Waals surface area contributed by atoms with Crippen LogP contribution in [0, 0.1) is 12.8 Å². The van der Waals surface area contributed by atoms with Crippen molar-refractivity contribution in [2.45, 2.75) is 25.9 Å². The number of amides is 2. The lowest BCUT2D eigenvalue weighted by atomic mass is 10.2. The van der Waals surface area contributed by atoms with Crippen LogP contribution in [0.1, 0.15) is 18.5 Å². The molecule has 2 heterocycles. The zero-order valence-electron chi connectivity index (χ0n) is 14.0. The summed E-state index contributed by atoms with van der Waals surface area (Å²) in [5.41, 5.74) is 0.897. The first-order chi connectivity index (χ1) is 11.1. The molecule has 2 aliphatic rings. The third kappa shape index (κ3) is 4.91. The Bertz CT molecular complexity index is 547. The Morgan fingerprint density at radius 1 is 1.43 bits per heavy atom. The first-order valence-corrected chi connectivity index (χ1v) is 8.40. The summed E-state index contributed by atoms with van der Waals surface area (Å²) in [6.07, 6.45) is 2.53. The zero-order chi connectivity index (χ0) is 16.2. The van der Waals surface area contributed by atoms with Crippen LogP contribution in [0.25, 0.3) is 0 Å². The van der Waals surface area contributed by atoms with E-state index in [9.17, 15) is 4.79 Å². The molecule has 126 valence electrons. The van der Waals surface area contributed by atoms with Crippen molar-refractivity contribution in [1.29, 1.82) is 0 Å². The molecular weight excluding hydrogens is 292 g/mol. The van der Waals surface area contributed by atoms with E-state index in [2.05, 4.69) is 22.2 Å². The number of aryl methyl sites for hydroxylation is 1. The largest absolute Gasteiger partial charge is 0.374 e. The molecule has 2 fully saturated rings. The molecule has 1 aromatic rings. The van der Waals surface area contributed by atoms with Crippen molar-refractivity contribution in [3.05, 3.63) is 23.9 Å². The number of carbonyl (C=O) groups excluding carboxylic acids is 1. The second kappa shape index (κ2) is 7.27. The highest BCUT2D eigenvalue weighted by Crippen LogP contribution is 2.30. The number of morpholine rings is 1. The van der Waals surface area contributed by atoms with Crippen LogP contribution in [0.4, 0.5) is 10.6 Å². The molecule has 1 atom stereocenters. The highest BCUT2D eigenvalue weighted by molar-refractivity contribution is 5.88. The molecule has 1 N–H and O–H groups in total. The maximum absolute atomic E-state index is 12.6. The molecular formula is C17H26N4O2. The van der Waals surface area contributed by atoms with Crippen molar-refractivity contribution < 1.29 is 9.53 Å². The molecule has 0 spiro atoms. The summed E-state index contributed by atoms with van der Waals surface area (Å²) in [5, 5.41) is 2.92. The lowest BCUT2D eigenvalue weighted by Gasteiger charge is -2.34. The minimum atomic E-state index is -0.0770. The highest BCUT2D eigenvalue weighted by atomic mass is 16.5. The van der Waals surface area contributed by atoms with Gasteiger partial charge in [-0.15, -0.1) is 0 Å². The van der Waals surface area contributed by atoms with Crippen molar-refractivity contribution in [3.8, 4) is 0 Å². The van der Waals surface area contributed by atoms with Crippen molar-refractivity contribution >= 4 is 11.8 Å². The molecule has 1 aliphatic heterocycles. The lowest BCUT2D eigenvalue weighted by molar-refractivity contribution is -0.0302. The number of nitrogens with one attached hydrogen (secondary N) is 1. The molecule has 1 aliphatic carbocycles. The smallest absolute Gasteiger partial charge is 0.323 e. The molecule has 0 unspecified atom stereocenters. The van der Waals surface area contributed by atoms with Gasteiger partial charge in [0.25, 0.3) is 0 Å². The Morgan fingerprint density at radius 2 is 2.26 bits per heavy atom. The summed E-state index contributed by atoms with van der Waals surface area (Å²) in [6.45, 7) is 5.93. The molecule has 6 heteroatoms. The third-order valence-electron chi connectivity index (χ3n) is 4.35. The first kappa shape index (κ1) is 16.2. The summed E-state index contributed by atoms with van der Waals surface area (Å²) in [7, 11) is 2.09. The molecule has 1 aromatic heterocycles.